The predicted octanol–water partition coefficient (Wildman–Crippen LogP) is 1.59. The molecule has 2 aromatic rings. The maximum atomic E-state index is 11.3. The monoisotopic (exact) mass is 229 g/mol. The molecule has 2 heterocycles. The molecular formula is C12H11N3O2. The zero-order valence-corrected chi connectivity index (χ0v) is 9.54. The van der Waals surface area contributed by atoms with E-state index < -0.39 is 0 Å². The third-order valence-corrected chi connectivity index (χ3v) is 2.40. The molecule has 2 aromatic heterocycles. The van der Waals surface area contributed by atoms with E-state index in [2.05, 4.69) is 10.1 Å². The van der Waals surface area contributed by atoms with E-state index in [4.69, 9.17) is 0 Å². The van der Waals surface area contributed by atoms with Gasteiger partial charge in [-0.1, -0.05) is 6.07 Å². The average molecular weight is 229 g/mol. The summed E-state index contributed by atoms with van der Waals surface area (Å²) < 4.78 is 1.45. The summed E-state index contributed by atoms with van der Waals surface area (Å²) >= 11 is 0. The Balaban J connectivity index is 2.58. The fraction of sp³-hybridized carbons (Fsp3) is 0.167. The number of aryl methyl sites for hydroxylation is 1. The Bertz CT molecular complexity index is 587. The molecule has 0 spiro atoms. The number of hydrogen-bond donors (Lipinski definition) is 0. The fourth-order valence-corrected chi connectivity index (χ4v) is 1.57. The molecule has 0 aliphatic carbocycles. The van der Waals surface area contributed by atoms with Crippen LogP contribution >= 0.6 is 0 Å². The Morgan fingerprint density at radius 2 is 2.24 bits per heavy atom. The minimum Gasteiger partial charge on any atom is -0.298 e. The van der Waals surface area contributed by atoms with Crippen LogP contribution in [0.5, 0.6) is 0 Å². The number of rotatable bonds is 3. The Hall–Kier alpha value is -2.30. The number of ketones is 1. The lowest BCUT2D eigenvalue weighted by Gasteiger charge is -2.02. The summed E-state index contributed by atoms with van der Waals surface area (Å²) in [6.07, 6.45) is 3.77. The number of nitrogens with zero attached hydrogens (tertiary/aromatic N) is 3. The Labute approximate surface area is 98.1 Å². The molecule has 0 bridgehead atoms. The molecule has 17 heavy (non-hydrogen) atoms. The van der Waals surface area contributed by atoms with E-state index in [9.17, 15) is 9.59 Å². The summed E-state index contributed by atoms with van der Waals surface area (Å²) in [7, 11) is 0. The SMILES string of the molecule is CC(=O)c1nn(-c2ncccc2C)cc1C=O. The third kappa shape index (κ3) is 1.99. The standard InChI is InChI=1S/C12H11N3O2/c1-8-4-3-5-13-12(8)15-6-10(7-16)11(14-15)9(2)17/h3-7H,1-2H3. The zero-order valence-electron chi connectivity index (χ0n) is 9.54. The van der Waals surface area contributed by atoms with Crippen LogP contribution in [0.3, 0.4) is 0 Å². The molecule has 0 saturated heterocycles. The highest BCUT2D eigenvalue weighted by atomic mass is 16.1. The van der Waals surface area contributed by atoms with Crippen molar-refractivity contribution in [2.45, 2.75) is 13.8 Å². The third-order valence-electron chi connectivity index (χ3n) is 2.40. The molecule has 0 aliphatic heterocycles. The van der Waals surface area contributed by atoms with Crippen molar-refractivity contribution >= 4 is 12.1 Å². The second-order valence-corrected chi connectivity index (χ2v) is 3.70. The highest BCUT2D eigenvalue weighted by Gasteiger charge is 2.14. The van der Waals surface area contributed by atoms with Crippen LogP contribution in [0.25, 0.3) is 5.82 Å². The highest BCUT2D eigenvalue weighted by Crippen LogP contribution is 2.12. The van der Waals surface area contributed by atoms with Crippen LogP contribution in [0, 0.1) is 6.92 Å². The first-order chi connectivity index (χ1) is 8.13. The normalized spacial score (nSPS) is 10.2. The topological polar surface area (TPSA) is 64.8 Å². The molecule has 0 saturated carbocycles. The first-order valence-corrected chi connectivity index (χ1v) is 5.11. The van der Waals surface area contributed by atoms with Crippen molar-refractivity contribution in [3.05, 3.63) is 41.3 Å². The summed E-state index contributed by atoms with van der Waals surface area (Å²) in [6.45, 7) is 3.27. The summed E-state index contributed by atoms with van der Waals surface area (Å²) in [6, 6.07) is 3.70. The van der Waals surface area contributed by atoms with Crippen molar-refractivity contribution in [2.24, 2.45) is 0 Å². The number of Topliss-reactive ketones (excluding diaryl/α,β-unsaturated/α-hetero) is 1. The van der Waals surface area contributed by atoms with Crippen LogP contribution in [0.1, 0.15) is 33.3 Å². The first-order valence-electron chi connectivity index (χ1n) is 5.11. The van der Waals surface area contributed by atoms with E-state index in [1.165, 1.54) is 17.8 Å². The van der Waals surface area contributed by atoms with Gasteiger partial charge in [-0.15, -0.1) is 0 Å². The summed E-state index contributed by atoms with van der Waals surface area (Å²) in [5, 5.41) is 4.08. The predicted molar refractivity (Wildman–Crippen MR) is 61.5 cm³/mol. The lowest BCUT2D eigenvalue weighted by atomic mass is 10.2. The lowest BCUT2D eigenvalue weighted by molar-refractivity contribution is 0.100. The summed E-state index contributed by atoms with van der Waals surface area (Å²) in [5.41, 5.74) is 1.37. The zero-order chi connectivity index (χ0) is 12.4. The lowest BCUT2D eigenvalue weighted by Crippen LogP contribution is -2.03. The van der Waals surface area contributed by atoms with Crippen LogP contribution in [-0.4, -0.2) is 26.8 Å². The molecule has 5 heteroatoms. The molecule has 0 aliphatic rings. The maximum Gasteiger partial charge on any atom is 0.180 e. The minimum absolute atomic E-state index is 0.171. The van der Waals surface area contributed by atoms with Crippen LogP contribution in [-0.2, 0) is 0 Å². The largest absolute Gasteiger partial charge is 0.298 e. The van der Waals surface area contributed by atoms with Gasteiger partial charge >= 0.3 is 0 Å². The molecule has 86 valence electrons. The van der Waals surface area contributed by atoms with E-state index in [1.807, 2.05) is 19.1 Å². The fourth-order valence-electron chi connectivity index (χ4n) is 1.57. The van der Waals surface area contributed by atoms with E-state index in [1.54, 1.807) is 6.20 Å². The van der Waals surface area contributed by atoms with Crippen molar-refractivity contribution in [1.29, 1.82) is 0 Å². The quantitative estimate of drug-likeness (QED) is 0.592. The Kier molecular flexibility index (Phi) is 2.82. The molecule has 2 rings (SSSR count). The van der Waals surface area contributed by atoms with Gasteiger partial charge in [-0.2, -0.15) is 5.10 Å². The average Bonchev–Trinajstić information content (AvgIpc) is 2.73. The van der Waals surface area contributed by atoms with Crippen molar-refractivity contribution in [1.82, 2.24) is 14.8 Å². The molecule has 0 radical (unpaired) electrons. The first kappa shape index (κ1) is 11.2. The van der Waals surface area contributed by atoms with Crippen molar-refractivity contribution < 1.29 is 9.59 Å². The van der Waals surface area contributed by atoms with E-state index >= 15 is 0 Å². The number of carbonyl (C=O) groups excluding carboxylic acids is 2. The van der Waals surface area contributed by atoms with Gasteiger partial charge in [0.1, 0.15) is 5.69 Å². The molecule has 0 aromatic carbocycles. The molecule has 0 fully saturated rings. The molecule has 0 atom stereocenters. The van der Waals surface area contributed by atoms with Gasteiger partial charge < -0.3 is 0 Å². The van der Waals surface area contributed by atoms with Gasteiger partial charge in [0.05, 0.1) is 5.56 Å². The van der Waals surface area contributed by atoms with Crippen LogP contribution in [0.4, 0.5) is 0 Å². The Morgan fingerprint density at radius 3 is 2.76 bits per heavy atom. The van der Waals surface area contributed by atoms with E-state index in [-0.39, 0.29) is 17.0 Å². The van der Waals surface area contributed by atoms with Gasteiger partial charge in [0.2, 0.25) is 0 Å². The molecule has 0 N–H and O–H groups in total. The minimum atomic E-state index is -0.237. The highest BCUT2D eigenvalue weighted by molar-refractivity contribution is 5.99. The second kappa shape index (κ2) is 4.29. The van der Waals surface area contributed by atoms with Gasteiger partial charge in [0.25, 0.3) is 0 Å². The number of aldehydes is 1. The van der Waals surface area contributed by atoms with Gasteiger partial charge in [0, 0.05) is 19.3 Å². The maximum absolute atomic E-state index is 11.3. The van der Waals surface area contributed by atoms with Crippen molar-refractivity contribution in [3.8, 4) is 5.82 Å². The van der Waals surface area contributed by atoms with Crippen LogP contribution < -0.4 is 0 Å². The smallest absolute Gasteiger partial charge is 0.180 e. The van der Waals surface area contributed by atoms with Crippen LogP contribution in [0.2, 0.25) is 0 Å². The summed E-state index contributed by atoms with van der Waals surface area (Å²) in [4.78, 5) is 26.3. The number of pyridine rings is 1. The molecule has 0 amide bonds. The molecular weight excluding hydrogens is 218 g/mol. The van der Waals surface area contributed by atoms with Gasteiger partial charge in [-0.25, -0.2) is 9.67 Å². The van der Waals surface area contributed by atoms with Gasteiger partial charge in [-0.05, 0) is 18.6 Å². The van der Waals surface area contributed by atoms with Crippen molar-refractivity contribution in [2.75, 3.05) is 0 Å². The number of aromatic nitrogens is 3. The van der Waals surface area contributed by atoms with Gasteiger partial charge in [-0.3, -0.25) is 9.59 Å². The van der Waals surface area contributed by atoms with E-state index in [0.717, 1.165) is 5.56 Å². The van der Waals surface area contributed by atoms with Crippen molar-refractivity contribution in [3.63, 3.8) is 0 Å². The molecule has 5 nitrogen and oxygen atoms in total. The number of carbonyl (C=O) groups is 2. The number of hydrogen-bond acceptors (Lipinski definition) is 4. The molecule has 0 unspecified atom stereocenters. The van der Waals surface area contributed by atoms with Gasteiger partial charge in [0.15, 0.2) is 17.9 Å². The second-order valence-electron chi connectivity index (χ2n) is 3.70. The van der Waals surface area contributed by atoms with Crippen LogP contribution in [0.15, 0.2) is 24.5 Å². The van der Waals surface area contributed by atoms with E-state index in [0.29, 0.717) is 12.1 Å². The summed E-state index contributed by atoms with van der Waals surface area (Å²) in [5.74, 6) is 0.377. The Morgan fingerprint density at radius 1 is 1.47 bits per heavy atom.